The number of anilines is 1. The number of amides is 1. The van der Waals surface area contributed by atoms with Crippen molar-refractivity contribution in [2.24, 2.45) is 0 Å². The van der Waals surface area contributed by atoms with Crippen LogP contribution in [0.25, 0.3) is 0 Å². The maximum atomic E-state index is 12.4. The summed E-state index contributed by atoms with van der Waals surface area (Å²) < 4.78 is 5.93. The van der Waals surface area contributed by atoms with Crippen molar-refractivity contribution in [3.05, 3.63) is 83.4 Å². The Morgan fingerprint density at radius 2 is 1.76 bits per heavy atom. The summed E-state index contributed by atoms with van der Waals surface area (Å²) in [4.78, 5) is 20.4. The van der Waals surface area contributed by atoms with E-state index in [1.807, 2.05) is 38.1 Å². The number of ether oxygens (including phenoxy) is 1. The van der Waals surface area contributed by atoms with Gasteiger partial charge in [0.2, 0.25) is 0 Å². The quantitative estimate of drug-likeness (QED) is 0.768. The van der Waals surface area contributed by atoms with Crippen molar-refractivity contribution < 1.29 is 9.53 Å². The summed E-state index contributed by atoms with van der Waals surface area (Å²) in [7, 11) is 0. The molecule has 1 N–H and O–H groups in total. The van der Waals surface area contributed by atoms with Gasteiger partial charge in [0.25, 0.3) is 5.91 Å². The highest BCUT2D eigenvalue weighted by Crippen LogP contribution is 2.26. The molecule has 0 aliphatic heterocycles. The van der Waals surface area contributed by atoms with Gasteiger partial charge in [0.05, 0.1) is 0 Å². The number of aryl methyl sites for hydroxylation is 2. The summed E-state index contributed by atoms with van der Waals surface area (Å²) in [6.45, 7) is 4.32. The third-order valence-electron chi connectivity index (χ3n) is 3.77. The molecule has 0 fully saturated rings. The zero-order valence-corrected chi connectivity index (χ0v) is 14.2. The van der Waals surface area contributed by atoms with E-state index < -0.39 is 0 Å². The number of carbonyl (C=O) groups excluding carboxylic acids is 1. The normalized spacial score (nSPS) is 10.3. The lowest BCUT2D eigenvalue weighted by molar-refractivity contribution is 0.102. The summed E-state index contributed by atoms with van der Waals surface area (Å²) in [5.74, 6) is 0.639. The van der Waals surface area contributed by atoms with E-state index >= 15 is 0 Å². The largest absolute Gasteiger partial charge is 0.488 e. The Bertz CT molecular complexity index is 842. The topological polar surface area (TPSA) is 64.1 Å². The van der Waals surface area contributed by atoms with Crippen LogP contribution in [0.5, 0.6) is 5.75 Å². The van der Waals surface area contributed by atoms with Gasteiger partial charge in [0.15, 0.2) is 0 Å². The van der Waals surface area contributed by atoms with E-state index in [-0.39, 0.29) is 5.91 Å². The van der Waals surface area contributed by atoms with E-state index in [2.05, 4.69) is 15.3 Å². The number of hydrogen-bond acceptors (Lipinski definition) is 4. The zero-order chi connectivity index (χ0) is 17.6. The molecule has 0 spiro atoms. The third kappa shape index (κ3) is 4.20. The van der Waals surface area contributed by atoms with E-state index in [1.54, 1.807) is 36.9 Å². The van der Waals surface area contributed by atoms with Crippen LogP contribution in [0.15, 0.2) is 61.2 Å². The Kier molecular flexibility index (Phi) is 5.04. The van der Waals surface area contributed by atoms with Gasteiger partial charge in [-0.1, -0.05) is 6.07 Å². The lowest BCUT2D eigenvalue weighted by Crippen LogP contribution is -2.13. The van der Waals surface area contributed by atoms with E-state index in [0.717, 1.165) is 22.4 Å². The molecule has 0 saturated heterocycles. The van der Waals surface area contributed by atoms with Gasteiger partial charge in [-0.05, 0) is 55.3 Å². The minimum Gasteiger partial charge on any atom is -0.488 e. The summed E-state index contributed by atoms with van der Waals surface area (Å²) >= 11 is 0. The minimum atomic E-state index is -0.156. The molecule has 126 valence electrons. The van der Waals surface area contributed by atoms with Crippen molar-refractivity contribution in [2.45, 2.75) is 20.5 Å². The van der Waals surface area contributed by atoms with Gasteiger partial charge < -0.3 is 10.1 Å². The van der Waals surface area contributed by atoms with Gasteiger partial charge in [-0.15, -0.1) is 0 Å². The van der Waals surface area contributed by atoms with Crippen LogP contribution < -0.4 is 10.1 Å². The second-order valence-electron chi connectivity index (χ2n) is 5.78. The molecule has 3 rings (SSSR count). The van der Waals surface area contributed by atoms with Crippen LogP contribution in [-0.2, 0) is 6.61 Å². The summed E-state index contributed by atoms with van der Waals surface area (Å²) in [6, 6.07) is 11.0. The van der Waals surface area contributed by atoms with Crippen molar-refractivity contribution in [1.82, 2.24) is 9.97 Å². The number of aromatic nitrogens is 2. The van der Waals surface area contributed by atoms with Crippen LogP contribution in [0.2, 0.25) is 0 Å². The molecular weight excluding hydrogens is 314 g/mol. The van der Waals surface area contributed by atoms with E-state index in [4.69, 9.17) is 4.74 Å². The van der Waals surface area contributed by atoms with E-state index in [0.29, 0.717) is 17.9 Å². The van der Waals surface area contributed by atoms with Gasteiger partial charge in [0, 0.05) is 41.6 Å². The fourth-order valence-corrected chi connectivity index (χ4v) is 2.59. The van der Waals surface area contributed by atoms with Gasteiger partial charge >= 0.3 is 0 Å². The van der Waals surface area contributed by atoms with E-state index in [1.165, 1.54) is 0 Å². The Hall–Kier alpha value is -3.21. The molecule has 1 amide bonds. The first-order valence-electron chi connectivity index (χ1n) is 7.98. The Balaban J connectivity index is 1.74. The lowest BCUT2D eigenvalue weighted by atomic mass is 10.0. The van der Waals surface area contributed by atoms with Crippen LogP contribution >= 0.6 is 0 Å². The fourth-order valence-electron chi connectivity index (χ4n) is 2.59. The SMILES string of the molecule is Cc1cc(C(=O)Nc2ccncc2)cc(C)c1OCc1cccnc1. The van der Waals surface area contributed by atoms with Gasteiger partial charge in [-0.25, -0.2) is 0 Å². The second kappa shape index (κ2) is 7.57. The Labute approximate surface area is 146 Å². The maximum absolute atomic E-state index is 12.4. The molecule has 2 aromatic heterocycles. The van der Waals surface area contributed by atoms with E-state index in [9.17, 15) is 4.79 Å². The fraction of sp³-hybridized carbons (Fsp3) is 0.150. The summed E-state index contributed by atoms with van der Waals surface area (Å²) in [5.41, 5.74) is 4.15. The third-order valence-corrected chi connectivity index (χ3v) is 3.77. The van der Waals surface area contributed by atoms with Crippen molar-refractivity contribution in [1.29, 1.82) is 0 Å². The number of carbonyl (C=O) groups is 1. The molecule has 25 heavy (non-hydrogen) atoms. The molecule has 5 nitrogen and oxygen atoms in total. The van der Waals surface area contributed by atoms with Crippen LogP contribution in [0.4, 0.5) is 5.69 Å². The van der Waals surface area contributed by atoms with Crippen molar-refractivity contribution in [2.75, 3.05) is 5.32 Å². The van der Waals surface area contributed by atoms with Crippen LogP contribution in [0, 0.1) is 13.8 Å². The van der Waals surface area contributed by atoms with Crippen molar-refractivity contribution in [3.8, 4) is 5.75 Å². The van der Waals surface area contributed by atoms with Gasteiger partial charge in [-0.2, -0.15) is 0 Å². The number of pyridine rings is 2. The summed E-state index contributed by atoms with van der Waals surface area (Å²) in [5, 5.41) is 2.86. The van der Waals surface area contributed by atoms with Crippen molar-refractivity contribution >= 4 is 11.6 Å². The molecule has 0 saturated carbocycles. The number of hydrogen-bond donors (Lipinski definition) is 1. The summed E-state index contributed by atoms with van der Waals surface area (Å²) in [6.07, 6.45) is 6.79. The highest BCUT2D eigenvalue weighted by atomic mass is 16.5. The van der Waals surface area contributed by atoms with Gasteiger partial charge in [-0.3, -0.25) is 14.8 Å². The molecule has 1 aromatic carbocycles. The highest BCUT2D eigenvalue weighted by Gasteiger charge is 2.12. The average molecular weight is 333 g/mol. The first kappa shape index (κ1) is 16.6. The van der Waals surface area contributed by atoms with Crippen molar-refractivity contribution in [3.63, 3.8) is 0 Å². The van der Waals surface area contributed by atoms with Crippen LogP contribution in [0.1, 0.15) is 27.0 Å². The number of nitrogens with zero attached hydrogens (tertiary/aromatic N) is 2. The molecule has 0 aliphatic rings. The first-order chi connectivity index (χ1) is 12.1. The van der Waals surface area contributed by atoms with Gasteiger partial charge in [0.1, 0.15) is 12.4 Å². The number of rotatable bonds is 5. The molecule has 0 aliphatic carbocycles. The first-order valence-corrected chi connectivity index (χ1v) is 7.98. The lowest BCUT2D eigenvalue weighted by Gasteiger charge is -2.14. The molecule has 0 radical (unpaired) electrons. The molecule has 0 bridgehead atoms. The average Bonchev–Trinajstić information content (AvgIpc) is 2.62. The van der Waals surface area contributed by atoms with Crippen LogP contribution in [-0.4, -0.2) is 15.9 Å². The second-order valence-corrected chi connectivity index (χ2v) is 5.78. The Morgan fingerprint density at radius 3 is 2.40 bits per heavy atom. The molecule has 5 heteroatoms. The smallest absolute Gasteiger partial charge is 0.255 e. The zero-order valence-electron chi connectivity index (χ0n) is 14.2. The molecule has 2 heterocycles. The number of benzene rings is 1. The Morgan fingerprint density at radius 1 is 1.04 bits per heavy atom. The minimum absolute atomic E-state index is 0.156. The molecular formula is C20H19N3O2. The predicted molar refractivity (Wildman–Crippen MR) is 96.7 cm³/mol. The molecule has 0 unspecified atom stereocenters. The predicted octanol–water partition coefficient (Wildman–Crippen LogP) is 3.92. The molecule has 3 aromatic rings. The highest BCUT2D eigenvalue weighted by molar-refractivity contribution is 6.04. The molecule has 0 atom stereocenters. The number of nitrogens with one attached hydrogen (secondary N) is 1. The maximum Gasteiger partial charge on any atom is 0.255 e. The monoisotopic (exact) mass is 333 g/mol. The van der Waals surface area contributed by atoms with Crippen LogP contribution in [0.3, 0.4) is 0 Å². The standard InChI is InChI=1S/C20H19N3O2/c1-14-10-17(20(24)23-18-5-8-21-9-6-18)11-15(2)19(14)25-13-16-4-3-7-22-12-16/h3-12H,13H2,1-2H3,(H,21,23,24).